The zero-order valence-corrected chi connectivity index (χ0v) is 17.7. The number of hydrogen-bond acceptors (Lipinski definition) is 5. The minimum Gasteiger partial charge on any atom is -0.480 e. The zero-order chi connectivity index (χ0) is 22.0. The van der Waals surface area contributed by atoms with Gasteiger partial charge < -0.3 is 26.8 Å². The van der Waals surface area contributed by atoms with Crippen molar-refractivity contribution in [3.63, 3.8) is 0 Å². The third-order valence-electron chi connectivity index (χ3n) is 4.57. The fourth-order valence-electron chi connectivity index (χ4n) is 2.67. The van der Waals surface area contributed by atoms with Crippen LogP contribution in [-0.2, 0) is 19.2 Å². The van der Waals surface area contributed by atoms with Crippen LogP contribution in [0.2, 0.25) is 0 Å². The van der Waals surface area contributed by atoms with Crippen molar-refractivity contribution in [3.05, 3.63) is 0 Å². The van der Waals surface area contributed by atoms with Gasteiger partial charge in [-0.1, -0.05) is 48.0 Å². The van der Waals surface area contributed by atoms with E-state index in [1.807, 2.05) is 27.7 Å². The van der Waals surface area contributed by atoms with E-state index in [1.54, 1.807) is 13.8 Å². The summed E-state index contributed by atoms with van der Waals surface area (Å²) >= 11 is 0. The van der Waals surface area contributed by atoms with Crippen LogP contribution in [0.5, 0.6) is 0 Å². The smallest absolute Gasteiger partial charge is 0.326 e. The van der Waals surface area contributed by atoms with E-state index in [4.69, 9.17) is 5.73 Å². The van der Waals surface area contributed by atoms with E-state index in [1.165, 1.54) is 0 Å². The van der Waals surface area contributed by atoms with Gasteiger partial charge in [-0.05, 0) is 24.2 Å². The Kier molecular flexibility index (Phi) is 11.4. The summed E-state index contributed by atoms with van der Waals surface area (Å²) in [7, 11) is 0. The van der Waals surface area contributed by atoms with Crippen molar-refractivity contribution in [1.29, 1.82) is 0 Å². The van der Waals surface area contributed by atoms with Crippen molar-refractivity contribution >= 4 is 23.7 Å². The van der Waals surface area contributed by atoms with Crippen LogP contribution < -0.4 is 21.7 Å². The van der Waals surface area contributed by atoms with Crippen LogP contribution in [0.4, 0.5) is 0 Å². The van der Waals surface area contributed by atoms with E-state index in [-0.39, 0.29) is 24.3 Å². The van der Waals surface area contributed by atoms with Crippen molar-refractivity contribution in [2.75, 3.05) is 6.54 Å². The summed E-state index contributed by atoms with van der Waals surface area (Å²) in [4.78, 5) is 48.5. The molecule has 4 atom stereocenters. The van der Waals surface area contributed by atoms with Crippen molar-refractivity contribution in [1.82, 2.24) is 16.0 Å². The van der Waals surface area contributed by atoms with Gasteiger partial charge in [0.2, 0.25) is 17.7 Å². The number of carboxylic acids is 1. The molecule has 0 bridgehead atoms. The van der Waals surface area contributed by atoms with Crippen LogP contribution in [-0.4, -0.2) is 53.5 Å². The van der Waals surface area contributed by atoms with Gasteiger partial charge in [0.1, 0.15) is 18.1 Å². The number of hydrogen-bond donors (Lipinski definition) is 5. The predicted octanol–water partition coefficient (Wildman–Crippen LogP) is 0.232. The van der Waals surface area contributed by atoms with Gasteiger partial charge in [-0.2, -0.15) is 0 Å². The van der Waals surface area contributed by atoms with Crippen molar-refractivity contribution < 1.29 is 24.3 Å². The normalized spacial score (nSPS) is 15.5. The Bertz CT molecular complexity index is 550. The summed E-state index contributed by atoms with van der Waals surface area (Å²) in [5, 5.41) is 17.1. The molecular weight excluding hydrogens is 364 g/mol. The second-order valence-electron chi connectivity index (χ2n) is 7.89. The molecule has 4 unspecified atom stereocenters. The number of amides is 3. The van der Waals surface area contributed by atoms with E-state index >= 15 is 0 Å². The summed E-state index contributed by atoms with van der Waals surface area (Å²) in [6, 6.07) is -2.79. The number of carbonyl (C=O) groups is 4. The molecule has 0 fully saturated rings. The summed E-state index contributed by atoms with van der Waals surface area (Å²) in [6.45, 7) is 10.6. The summed E-state index contributed by atoms with van der Waals surface area (Å²) in [5.41, 5.74) is 5.33. The molecule has 9 heteroatoms. The molecule has 9 nitrogen and oxygen atoms in total. The molecule has 0 heterocycles. The Morgan fingerprint density at radius 2 is 1.46 bits per heavy atom. The highest BCUT2D eigenvalue weighted by molar-refractivity contribution is 5.93. The number of nitrogens with two attached hydrogens (primary N) is 1. The molecule has 0 rings (SSSR count). The Morgan fingerprint density at radius 3 is 1.86 bits per heavy atom. The molecule has 3 amide bonds. The lowest BCUT2D eigenvalue weighted by molar-refractivity contribution is -0.143. The number of carbonyl (C=O) groups excluding carboxylic acids is 3. The average Bonchev–Trinajstić information content (AvgIpc) is 2.61. The lowest BCUT2D eigenvalue weighted by Crippen LogP contribution is -2.58. The predicted molar refractivity (Wildman–Crippen MR) is 106 cm³/mol. The molecular formula is C19H36N4O5. The van der Waals surface area contributed by atoms with Crippen LogP contribution in [0.3, 0.4) is 0 Å². The molecule has 0 aliphatic heterocycles. The first-order valence-electron chi connectivity index (χ1n) is 9.77. The molecule has 0 spiro atoms. The molecule has 0 aromatic rings. The van der Waals surface area contributed by atoms with Gasteiger partial charge in [0.25, 0.3) is 0 Å². The second kappa shape index (κ2) is 12.3. The topological polar surface area (TPSA) is 151 Å². The monoisotopic (exact) mass is 400 g/mol. The van der Waals surface area contributed by atoms with Crippen LogP contribution in [0.1, 0.15) is 54.4 Å². The lowest BCUT2D eigenvalue weighted by Gasteiger charge is -2.28. The highest BCUT2D eigenvalue weighted by atomic mass is 16.4. The van der Waals surface area contributed by atoms with Crippen LogP contribution in [0, 0.1) is 17.8 Å². The van der Waals surface area contributed by atoms with E-state index < -0.39 is 41.8 Å². The van der Waals surface area contributed by atoms with E-state index in [0.29, 0.717) is 12.8 Å². The maximum absolute atomic E-state index is 12.8. The second-order valence-corrected chi connectivity index (χ2v) is 7.89. The molecule has 0 saturated carbocycles. The third kappa shape index (κ3) is 8.69. The highest BCUT2D eigenvalue weighted by Gasteiger charge is 2.32. The van der Waals surface area contributed by atoms with Crippen molar-refractivity contribution in [2.45, 2.75) is 72.5 Å². The quantitative estimate of drug-likeness (QED) is 0.316. The lowest BCUT2D eigenvalue weighted by atomic mass is 9.96. The highest BCUT2D eigenvalue weighted by Crippen LogP contribution is 2.11. The summed E-state index contributed by atoms with van der Waals surface area (Å²) < 4.78 is 0. The first-order valence-corrected chi connectivity index (χ1v) is 9.77. The largest absolute Gasteiger partial charge is 0.480 e. The van der Waals surface area contributed by atoms with Gasteiger partial charge in [-0.3, -0.25) is 14.4 Å². The van der Waals surface area contributed by atoms with Crippen LogP contribution in [0.25, 0.3) is 0 Å². The maximum atomic E-state index is 12.8. The third-order valence-corrected chi connectivity index (χ3v) is 4.57. The minimum absolute atomic E-state index is 0.0825. The molecule has 0 aromatic carbocycles. The Hall–Kier alpha value is -2.16. The number of carboxylic acid groups (broad SMARTS) is 1. The summed E-state index contributed by atoms with van der Waals surface area (Å²) in [5.74, 6) is -3.04. The number of nitrogens with one attached hydrogen (secondary N) is 3. The first kappa shape index (κ1) is 25.8. The van der Waals surface area contributed by atoms with Gasteiger partial charge in [-0.15, -0.1) is 0 Å². The Morgan fingerprint density at radius 1 is 0.893 bits per heavy atom. The van der Waals surface area contributed by atoms with Crippen LogP contribution >= 0.6 is 0 Å². The average molecular weight is 401 g/mol. The van der Waals surface area contributed by atoms with E-state index in [2.05, 4.69) is 16.0 Å². The molecule has 0 aliphatic carbocycles. The van der Waals surface area contributed by atoms with Crippen LogP contribution in [0.15, 0.2) is 0 Å². The van der Waals surface area contributed by atoms with Gasteiger partial charge in [-0.25, -0.2) is 4.79 Å². The Balaban J connectivity index is 5.42. The fourth-order valence-corrected chi connectivity index (χ4v) is 2.67. The minimum atomic E-state index is -1.13. The van der Waals surface area contributed by atoms with Crippen molar-refractivity contribution in [3.8, 4) is 0 Å². The molecule has 28 heavy (non-hydrogen) atoms. The molecule has 6 N–H and O–H groups in total. The molecule has 0 radical (unpaired) electrons. The SMILES string of the molecule is CCC(C)C(NC(=O)CN)C(=O)NC(CC(C)C)C(=O)NC(C(=O)O)C(C)C. The standard InChI is InChI=1S/C19H36N4O5/c1-7-12(6)16(22-14(24)9-20)18(26)21-13(8-10(2)3)17(25)23-15(11(4)5)19(27)28/h10-13,15-16H,7-9,20H2,1-6H3,(H,21,26)(H,22,24)(H,23,25)(H,27,28). The molecule has 0 saturated heterocycles. The van der Waals surface area contributed by atoms with Gasteiger partial charge in [0.05, 0.1) is 6.54 Å². The maximum Gasteiger partial charge on any atom is 0.326 e. The van der Waals surface area contributed by atoms with Gasteiger partial charge in [0.15, 0.2) is 0 Å². The molecule has 0 aliphatic rings. The van der Waals surface area contributed by atoms with Crippen molar-refractivity contribution in [2.24, 2.45) is 23.5 Å². The van der Waals surface area contributed by atoms with E-state index in [9.17, 15) is 24.3 Å². The molecule has 0 aromatic heterocycles. The zero-order valence-electron chi connectivity index (χ0n) is 17.7. The first-order chi connectivity index (χ1) is 12.9. The Labute approximate surface area is 167 Å². The van der Waals surface area contributed by atoms with Gasteiger partial charge >= 0.3 is 5.97 Å². The molecule has 162 valence electrons. The number of rotatable bonds is 12. The van der Waals surface area contributed by atoms with Gasteiger partial charge in [0, 0.05) is 0 Å². The fraction of sp³-hybridized carbons (Fsp3) is 0.789. The summed E-state index contributed by atoms with van der Waals surface area (Å²) in [6.07, 6.45) is 0.971. The number of aliphatic carboxylic acids is 1. The van der Waals surface area contributed by atoms with E-state index in [0.717, 1.165) is 0 Å².